The predicted octanol–water partition coefficient (Wildman–Crippen LogP) is 5.22. The van der Waals surface area contributed by atoms with Crippen molar-refractivity contribution in [3.8, 4) is 0 Å². The zero-order valence-electron chi connectivity index (χ0n) is 17.3. The van der Waals surface area contributed by atoms with Gasteiger partial charge in [0.05, 0.1) is 13.2 Å². The maximum atomic E-state index is 11.4. The van der Waals surface area contributed by atoms with Crippen LogP contribution in [0.1, 0.15) is 78.6 Å². The van der Waals surface area contributed by atoms with Crippen molar-refractivity contribution in [2.24, 2.45) is 28.6 Å². The predicted molar refractivity (Wildman–Crippen MR) is 104 cm³/mol. The van der Waals surface area contributed by atoms with E-state index in [2.05, 4.69) is 13.0 Å². The average molecular weight is 377 g/mol. The number of carbonyl (C=O) groups is 1. The molecule has 3 fully saturated rings. The number of hydrogen-bond donors (Lipinski definition) is 0. The van der Waals surface area contributed by atoms with Crippen LogP contribution in [0, 0.1) is 28.6 Å². The molecule has 0 aliphatic heterocycles. The number of ether oxygens (including phenoxy) is 1. The highest BCUT2D eigenvalue weighted by Crippen LogP contribution is 2.65. The van der Waals surface area contributed by atoms with Crippen LogP contribution in [0.4, 0.5) is 0 Å². The molecule has 4 heteroatoms. The smallest absolute Gasteiger partial charge is 0.302 e. The fourth-order valence-electron chi connectivity index (χ4n) is 7.25. The summed E-state index contributed by atoms with van der Waals surface area (Å²) in [6.45, 7) is 7.42. The van der Waals surface area contributed by atoms with Crippen molar-refractivity contribution < 1.29 is 19.3 Å². The van der Waals surface area contributed by atoms with Crippen molar-refractivity contribution in [1.82, 2.24) is 0 Å². The minimum atomic E-state index is -0.138. The molecule has 0 bridgehead atoms. The molecule has 0 aromatic carbocycles. The van der Waals surface area contributed by atoms with Crippen LogP contribution in [0.2, 0.25) is 0 Å². The molecule has 4 rings (SSSR count). The summed E-state index contributed by atoms with van der Waals surface area (Å²) >= 11 is 0. The van der Waals surface area contributed by atoms with Gasteiger partial charge in [-0.25, -0.2) is 9.78 Å². The maximum Gasteiger partial charge on any atom is 0.302 e. The van der Waals surface area contributed by atoms with E-state index in [1.165, 1.54) is 45.4 Å². The van der Waals surface area contributed by atoms with Gasteiger partial charge < -0.3 is 4.74 Å². The molecule has 0 unspecified atom stereocenters. The van der Waals surface area contributed by atoms with E-state index in [0.717, 1.165) is 43.6 Å². The molecule has 3 saturated carbocycles. The van der Waals surface area contributed by atoms with Gasteiger partial charge in [-0.05, 0) is 75.0 Å². The summed E-state index contributed by atoms with van der Waals surface area (Å²) in [7, 11) is 0. The Balaban J connectivity index is 1.52. The van der Waals surface area contributed by atoms with Crippen molar-refractivity contribution in [2.75, 3.05) is 13.2 Å². The van der Waals surface area contributed by atoms with Gasteiger partial charge in [-0.15, -0.1) is 0 Å². The monoisotopic (exact) mass is 376 g/mol. The molecule has 0 aromatic rings. The van der Waals surface area contributed by atoms with Crippen LogP contribution < -0.4 is 0 Å². The van der Waals surface area contributed by atoms with E-state index in [4.69, 9.17) is 14.5 Å². The lowest BCUT2D eigenvalue weighted by molar-refractivity contribution is -0.314. The Morgan fingerprint density at radius 2 is 2.00 bits per heavy atom. The van der Waals surface area contributed by atoms with Crippen molar-refractivity contribution in [2.45, 2.75) is 84.7 Å². The van der Waals surface area contributed by atoms with Crippen LogP contribution in [-0.2, 0) is 19.3 Å². The first kappa shape index (κ1) is 19.4. The van der Waals surface area contributed by atoms with E-state index < -0.39 is 0 Å². The minimum absolute atomic E-state index is 0.0899. The molecule has 0 N–H and O–H groups in total. The molecular weight excluding hydrogens is 340 g/mol. The SMILES string of the molecule is CCOOC[C@@]12CCC[C@H]1[C@@H]1CC=C3C[C@H](OC(C)=O)CC[C@]3(C)[C@H]1CC2. The number of hydrogen-bond acceptors (Lipinski definition) is 4. The molecule has 4 nitrogen and oxygen atoms in total. The molecule has 152 valence electrons. The third-order valence-corrected chi connectivity index (χ3v) is 8.47. The van der Waals surface area contributed by atoms with E-state index in [1.807, 2.05) is 6.92 Å². The molecule has 0 amide bonds. The zero-order chi connectivity index (χ0) is 19.1. The van der Waals surface area contributed by atoms with E-state index >= 15 is 0 Å². The standard InChI is InChI=1S/C23H36O4/c1-4-25-26-15-23-11-5-6-21(23)19-8-7-17-14-18(27-16(2)24)9-12-22(17,3)20(19)10-13-23/h7,18-21H,4-6,8-15H2,1-3H3/t18-,19-,20+,21+,22+,23+/m1/s1. The summed E-state index contributed by atoms with van der Waals surface area (Å²) in [5.74, 6) is 2.20. The van der Waals surface area contributed by atoms with Crippen molar-refractivity contribution in [3.63, 3.8) is 0 Å². The lowest BCUT2D eigenvalue weighted by Gasteiger charge is -2.57. The molecule has 27 heavy (non-hydrogen) atoms. The first-order chi connectivity index (χ1) is 13.0. The molecular formula is C23H36O4. The molecule has 4 aliphatic carbocycles. The Morgan fingerprint density at radius 3 is 2.78 bits per heavy atom. The second-order valence-electron chi connectivity index (χ2n) is 9.70. The highest BCUT2D eigenvalue weighted by atomic mass is 17.2. The molecule has 6 atom stereocenters. The Labute approximate surface area is 163 Å². The summed E-state index contributed by atoms with van der Waals surface area (Å²) in [4.78, 5) is 22.3. The highest BCUT2D eigenvalue weighted by molar-refractivity contribution is 5.66. The van der Waals surface area contributed by atoms with Gasteiger partial charge in [-0.1, -0.05) is 25.0 Å². The Hall–Kier alpha value is -0.870. The first-order valence-electron chi connectivity index (χ1n) is 11.1. The molecule has 4 aliphatic rings. The second kappa shape index (κ2) is 7.51. The first-order valence-corrected chi connectivity index (χ1v) is 11.1. The van der Waals surface area contributed by atoms with E-state index in [9.17, 15) is 4.79 Å². The Kier molecular flexibility index (Phi) is 5.41. The minimum Gasteiger partial charge on any atom is -0.462 e. The van der Waals surface area contributed by atoms with E-state index in [-0.39, 0.29) is 12.1 Å². The van der Waals surface area contributed by atoms with Gasteiger partial charge in [-0.3, -0.25) is 4.79 Å². The number of esters is 1. The van der Waals surface area contributed by atoms with Crippen LogP contribution in [-0.4, -0.2) is 25.3 Å². The van der Waals surface area contributed by atoms with Crippen LogP contribution in [0.25, 0.3) is 0 Å². The summed E-state index contributed by atoms with van der Waals surface area (Å²) in [5, 5.41) is 0. The topological polar surface area (TPSA) is 44.8 Å². The second-order valence-corrected chi connectivity index (χ2v) is 9.70. The van der Waals surface area contributed by atoms with Gasteiger partial charge in [0.1, 0.15) is 6.10 Å². The van der Waals surface area contributed by atoms with Gasteiger partial charge >= 0.3 is 5.97 Å². The normalized spacial score (nSPS) is 43.3. The molecule has 0 heterocycles. The van der Waals surface area contributed by atoms with Crippen molar-refractivity contribution in [1.29, 1.82) is 0 Å². The van der Waals surface area contributed by atoms with Gasteiger partial charge in [0, 0.05) is 18.8 Å². The van der Waals surface area contributed by atoms with Gasteiger partial charge in [0.2, 0.25) is 0 Å². The van der Waals surface area contributed by atoms with Crippen LogP contribution in [0.3, 0.4) is 0 Å². The Morgan fingerprint density at radius 1 is 1.15 bits per heavy atom. The molecule has 0 spiro atoms. The fraction of sp³-hybridized carbons (Fsp3) is 0.870. The average Bonchev–Trinajstić information content (AvgIpc) is 3.06. The number of allylic oxidation sites excluding steroid dienone is 1. The summed E-state index contributed by atoms with van der Waals surface area (Å²) in [6.07, 6.45) is 13.5. The molecule has 0 radical (unpaired) electrons. The van der Waals surface area contributed by atoms with Crippen molar-refractivity contribution >= 4 is 5.97 Å². The Bertz CT molecular complexity index is 599. The maximum absolute atomic E-state index is 11.4. The summed E-state index contributed by atoms with van der Waals surface area (Å²) < 4.78 is 5.55. The van der Waals surface area contributed by atoms with Gasteiger partial charge in [0.25, 0.3) is 0 Å². The number of rotatable bonds is 5. The quantitative estimate of drug-likeness (QED) is 0.217. The van der Waals surface area contributed by atoms with Crippen LogP contribution >= 0.6 is 0 Å². The third kappa shape index (κ3) is 3.37. The third-order valence-electron chi connectivity index (χ3n) is 8.47. The van der Waals surface area contributed by atoms with Crippen LogP contribution in [0.15, 0.2) is 11.6 Å². The highest BCUT2D eigenvalue weighted by Gasteiger charge is 2.57. The molecule has 0 saturated heterocycles. The van der Waals surface area contributed by atoms with Gasteiger partial charge in [-0.2, -0.15) is 0 Å². The lowest BCUT2D eigenvalue weighted by Crippen LogP contribution is -2.51. The summed E-state index contributed by atoms with van der Waals surface area (Å²) in [6, 6.07) is 0. The lowest BCUT2D eigenvalue weighted by atomic mass is 9.48. The molecule has 0 aromatic heterocycles. The van der Waals surface area contributed by atoms with E-state index in [0.29, 0.717) is 17.4 Å². The van der Waals surface area contributed by atoms with E-state index in [1.54, 1.807) is 5.57 Å². The van der Waals surface area contributed by atoms with Crippen LogP contribution in [0.5, 0.6) is 0 Å². The van der Waals surface area contributed by atoms with Gasteiger partial charge in [0.15, 0.2) is 0 Å². The number of carbonyl (C=O) groups excluding carboxylic acids is 1. The fourth-order valence-corrected chi connectivity index (χ4v) is 7.25. The summed E-state index contributed by atoms with van der Waals surface area (Å²) in [5.41, 5.74) is 2.21. The number of fused-ring (bicyclic) bond motifs is 5. The largest absolute Gasteiger partial charge is 0.462 e. The zero-order valence-corrected chi connectivity index (χ0v) is 17.3. The van der Waals surface area contributed by atoms with Crippen molar-refractivity contribution in [3.05, 3.63) is 11.6 Å².